The average molecular weight is 305 g/mol. The fourth-order valence-electron chi connectivity index (χ4n) is 2.01. The maximum absolute atomic E-state index is 11.9. The number of carbonyl (C=O) groups is 1. The van der Waals surface area contributed by atoms with Crippen LogP contribution in [0.25, 0.3) is 0 Å². The summed E-state index contributed by atoms with van der Waals surface area (Å²) < 4.78 is 27.6. The minimum Gasteiger partial charge on any atom is -0.481 e. The van der Waals surface area contributed by atoms with Crippen molar-refractivity contribution in [2.24, 2.45) is 0 Å². The molecule has 19 heavy (non-hydrogen) atoms. The van der Waals surface area contributed by atoms with E-state index in [2.05, 4.69) is 4.98 Å². The van der Waals surface area contributed by atoms with Gasteiger partial charge in [-0.25, -0.2) is 13.4 Å². The summed E-state index contributed by atoms with van der Waals surface area (Å²) in [6.45, 7) is 1.86. The van der Waals surface area contributed by atoms with Crippen LogP contribution >= 0.6 is 10.7 Å². The van der Waals surface area contributed by atoms with Gasteiger partial charge in [0.15, 0.2) is 0 Å². The predicted octanol–water partition coefficient (Wildman–Crippen LogP) is 1.07. The van der Waals surface area contributed by atoms with Crippen LogP contribution in [0.3, 0.4) is 0 Å². The lowest BCUT2D eigenvalue weighted by Gasteiger charge is -2.18. The average Bonchev–Trinajstić information content (AvgIpc) is 2.71. The maximum atomic E-state index is 11.9. The molecular weight excluding hydrogens is 292 g/mol. The summed E-state index contributed by atoms with van der Waals surface area (Å²) in [4.78, 5) is 17.3. The summed E-state index contributed by atoms with van der Waals surface area (Å²) in [5, 5.41) is -0.872. The molecule has 1 aliphatic rings. The number of pyridine rings is 1. The van der Waals surface area contributed by atoms with Crippen molar-refractivity contribution >= 4 is 31.3 Å². The van der Waals surface area contributed by atoms with Gasteiger partial charge in [-0.15, -0.1) is 0 Å². The molecule has 0 saturated carbocycles. The zero-order valence-corrected chi connectivity index (χ0v) is 12.0. The molecule has 1 unspecified atom stereocenters. The molecule has 104 valence electrons. The van der Waals surface area contributed by atoms with Crippen molar-refractivity contribution in [1.82, 2.24) is 4.98 Å². The van der Waals surface area contributed by atoms with Crippen molar-refractivity contribution < 1.29 is 17.9 Å². The highest BCUT2D eigenvalue weighted by Crippen LogP contribution is 2.29. The number of methoxy groups -OCH3 is 1. The molecule has 1 saturated heterocycles. The summed E-state index contributed by atoms with van der Waals surface area (Å²) in [6.07, 6.45) is 1.40. The molecule has 2 heterocycles. The Bertz CT molecular complexity index is 617. The molecular formula is C11H13ClN2O4S. The maximum Gasteiger partial charge on any atom is 0.237 e. The molecule has 2 rings (SSSR count). The van der Waals surface area contributed by atoms with Crippen LogP contribution in [-0.4, -0.2) is 38.2 Å². The molecule has 1 atom stereocenters. The van der Waals surface area contributed by atoms with Crippen molar-refractivity contribution in [3.8, 4) is 5.88 Å². The smallest absolute Gasteiger partial charge is 0.237 e. The molecule has 0 aliphatic carbocycles. The molecule has 6 nitrogen and oxygen atoms in total. The Hall–Kier alpha value is -1.34. The SMILES string of the molecule is COc1cc(C)c(N2CC(S(=O)(=O)Cl)CC2=O)cn1. The fraction of sp³-hybridized carbons (Fsp3) is 0.455. The van der Waals surface area contributed by atoms with E-state index in [0.717, 1.165) is 5.56 Å². The van der Waals surface area contributed by atoms with E-state index in [4.69, 9.17) is 15.4 Å². The van der Waals surface area contributed by atoms with Crippen LogP contribution in [0.2, 0.25) is 0 Å². The van der Waals surface area contributed by atoms with Gasteiger partial charge in [-0.3, -0.25) is 4.79 Å². The first-order valence-corrected chi connectivity index (χ1v) is 7.94. The van der Waals surface area contributed by atoms with Crippen molar-refractivity contribution in [3.63, 3.8) is 0 Å². The number of nitrogens with zero attached hydrogens (tertiary/aromatic N) is 2. The molecule has 8 heteroatoms. The molecule has 0 N–H and O–H groups in total. The molecule has 0 spiro atoms. The first-order valence-electron chi connectivity index (χ1n) is 5.57. The van der Waals surface area contributed by atoms with Gasteiger partial charge >= 0.3 is 0 Å². The van der Waals surface area contributed by atoms with E-state index in [0.29, 0.717) is 11.6 Å². The Balaban J connectivity index is 2.31. The molecule has 0 radical (unpaired) electrons. The highest BCUT2D eigenvalue weighted by atomic mass is 35.7. The summed E-state index contributed by atoms with van der Waals surface area (Å²) in [7, 11) is 3.06. The zero-order chi connectivity index (χ0) is 14.2. The number of amides is 1. The second kappa shape index (κ2) is 4.97. The van der Waals surface area contributed by atoms with Gasteiger partial charge in [0.25, 0.3) is 0 Å². The summed E-state index contributed by atoms with van der Waals surface area (Å²) >= 11 is 0. The van der Waals surface area contributed by atoms with Gasteiger partial charge < -0.3 is 9.64 Å². The highest BCUT2D eigenvalue weighted by molar-refractivity contribution is 8.14. The second-order valence-corrected chi connectivity index (χ2v) is 7.23. The van der Waals surface area contributed by atoms with E-state index in [-0.39, 0.29) is 18.9 Å². The number of halogens is 1. The third-order valence-electron chi connectivity index (χ3n) is 3.05. The van der Waals surface area contributed by atoms with Crippen LogP contribution in [0.15, 0.2) is 12.3 Å². The topological polar surface area (TPSA) is 76.6 Å². The lowest BCUT2D eigenvalue weighted by atomic mass is 10.2. The number of rotatable bonds is 3. The molecule has 1 amide bonds. The molecule has 1 fully saturated rings. The monoisotopic (exact) mass is 304 g/mol. The molecule has 1 aromatic rings. The van der Waals surface area contributed by atoms with Crippen LogP contribution in [0, 0.1) is 6.92 Å². The van der Waals surface area contributed by atoms with E-state index < -0.39 is 14.3 Å². The number of hydrogen-bond donors (Lipinski definition) is 0. The zero-order valence-electron chi connectivity index (χ0n) is 10.5. The van der Waals surface area contributed by atoms with Crippen molar-refractivity contribution in [1.29, 1.82) is 0 Å². The Labute approximate surface area is 115 Å². The normalized spacial score (nSPS) is 19.8. The van der Waals surface area contributed by atoms with Crippen LogP contribution in [-0.2, 0) is 13.8 Å². The standard InChI is InChI=1S/C11H13ClN2O4S/c1-7-3-10(18-2)13-5-9(7)14-6-8(4-11(14)15)19(12,16)17/h3,5,8H,4,6H2,1-2H3. The van der Waals surface area contributed by atoms with E-state index in [1.54, 1.807) is 13.0 Å². The van der Waals surface area contributed by atoms with Crippen molar-refractivity contribution in [3.05, 3.63) is 17.8 Å². The van der Waals surface area contributed by atoms with Gasteiger partial charge in [0.05, 0.1) is 19.0 Å². The van der Waals surface area contributed by atoms with E-state index in [1.807, 2.05) is 0 Å². The van der Waals surface area contributed by atoms with Crippen molar-refractivity contribution in [2.45, 2.75) is 18.6 Å². The van der Waals surface area contributed by atoms with Crippen LogP contribution < -0.4 is 9.64 Å². The number of ether oxygens (including phenoxy) is 1. The predicted molar refractivity (Wildman–Crippen MR) is 71.1 cm³/mol. The van der Waals surface area contributed by atoms with Gasteiger partial charge in [-0.1, -0.05) is 0 Å². The minimum atomic E-state index is -3.74. The first kappa shape index (κ1) is 14.1. The van der Waals surface area contributed by atoms with Crippen LogP contribution in [0.5, 0.6) is 5.88 Å². The molecule has 1 aliphatic heterocycles. The second-order valence-electron chi connectivity index (χ2n) is 4.32. The summed E-state index contributed by atoms with van der Waals surface area (Å²) in [5.74, 6) is 0.165. The third kappa shape index (κ3) is 2.82. The fourth-order valence-corrected chi connectivity index (χ4v) is 3.04. The summed E-state index contributed by atoms with van der Waals surface area (Å²) in [6, 6.07) is 1.69. The number of hydrogen-bond acceptors (Lipinski definition) is 5. The number of carbonyl (C=O) groups excluding carboxylic acids is 1. The Morgan fingerprint density at radius 3 is 2.68 bits per heavy atom. The molecule has 0 bridgehead atoms. The molecule has 1 aromatic heterocycles. The van der Waals surface area contributed by atoms with E-state index >= 15 is 0 Å². The van der Waals surface area contributed by atoms with Gasteiger partial charge in [0.1, 0.15) is 5.25 Å². The summed E-state index contributed by atoms with van der Waals surface area (Å²) in [5.41, 5.74) is 1.36. The van der Waals surface area contributed by atoms with E-state index in [9.17, 15) is 13.2 Å². The Morgan fingerprint density at radius 1 is 1.53 bits per heavy atom. The number of anilines is 1. The van der Waals surface area contributed by atoms with Gasteiger partial charge in [-0.05, 0) is 12.5 Å². The van der Waals surface area contributed by atoms with Gasteiger partial charge in [0.2, 0.25) is 20.8 Å². The van der Waals surface area contributed by atoms with Gasteiger partial charge in [0, 0.05) is 29.7 Å². The van der Waals surface area contributed by atoms with Crippen molar-refractivity contribution in [2.75, 3.05) is 18.6 Å². The lowest BCUT2D eigenvalue weighted by molar-refractivity contribution is -0.117. The number of aryl methyl sites for hydroxylation is 1. The van der Waals surface area contributed by atoms with Gasteiger partial charge in [-0.2, -0.15) is 0 Å². The first-order chi connectivity index (χ1) is 8.82. The minimum absolute atomic E-state index is 0.0551. The Morgan fingerprint density at radius 2 is 2.21 bits per heavy atom. The van der Waals surface area contributed by atoms with Crippen LogP contribution in [0.4, 0.5) is 5.69 Å². The van der Waals surface area contributed by atoms with Crippen LogP contribution in [0.1, 0.15) is 12.0 Å². The molecule has 0 aromatic carbocycles. The number of aromatic nitrogens is 1. The van der Waals surface area contributed by atoms with E-state index in [1.165, 1.54) is 18.2 Å². The lowest BCUT2D eigenvalue weighted by Crippen LogP contribution is -2.27. The largest absolute Gasteiger partial charge is 0.481 e. The Kier molecular flexibility index (Phi) is 3.69. The third-order valence-corrected chi connectivity index (χ3v) is 4.91. The quantitative estimate of drug-likeness (QED) is 0.781. The highest BCUT2D eigenvalue weighted by Gasteiger charge is 2.38.